The van der Waals surface area contributed by atoms with E-state index in [9.17, 15) is 9.59 Å². The fraction of sp³-hybridized carbons (Fsp3) is 0.867. The number of carbonyl (C=O) groups excluding carboxylic acids is 2. The van der Waals surface area contributed by atoms with Gasteiger partial charge in [-0.25, -0.2) is 9.59 Å². The van der Waals surface area contributed by atoms with Crippen molar-refractivity contribution in [2.75, 3.05) is 19.0 Å². The van der Waals surface area contributed by atoms with Crippen molar-refractivity contribution in [1.82, 2.24) is 4.90 Å². The molecule has 0 aliphatic rings. The second-order valence-corrected chi connectivity index (χ2v) is 6.54. The molecule has 6 heteroatoms. The molecule has 0 N–H and O–H groups in total. The molecule has 0 bridgehead atoms. The molecular formula is C15H28ClNO4. The monoisotopic (exact) mass is 321 g/mol. The van der Waals surface area contributed by atoms with E-state index in [1.807, 2.05) is 13.8 Å². The van der Waals surface area contributed by atoms with E-state index < -0.39 is 23.7 Å². The summed E-state index contributed by atoms with van der Waals surface area (Å²) in [7, 11) is 0. The fourth-order valence-corrected chi connectivity index (χ4v) is 2.00. The minimum atomic E-state index is -0.664. The highest BCUT2D eigenvalue weighted by molar-refractivity contribution is 6.17. The lowest BCUT2D eigenvalue weighted by Crippen LogP contribution is -2.50. The van der Waals surface area contributed by atoms with Crippen molar-refractivity contribution >= 4 is 23.7 Å². The summed E-state index contributed by atoms with van der Waals surface area (Å²) in [6.45, 7) is 11.5. The molecule has 0 radical (unpaired) electrons. The topological polar surface area (TPSA) is 55.8 Å². The van der Waals surface area contributed by atoms with Crippen molar-refractivity contribution in [3.05, 3.63) is 0 Å². The van der Waals surface area contributed by atoms with Crippen LogP contribution in [0.4, 0.5) is 4.79 Å². The Labute approximate surface area is 132 Å². The maximum atomic E-state index is 12.4. The highest BCUT2D eigenvalue weighted by Gasteiger charge is 2.35. The normalized spacial score (nSPS) is 13.0. The van der Waals surface area contributed by atoms with Gasteiger partial charge in [-0.15, -0.1) is 11.6 Å². The number of hydrogen-bond donors (Lipinski definition) is 0. The van der Waals surface area contributed by atoms with Gasteiger partial charge in [-0.05, 0) is 40.0 Å². The van der Waals surface area contributed by atoms with Crippen LogP contribution in [0, 0.1) is 5.92 Å². The SMILES string of the molecule is CCOC(=O)[C@H](C(C)C)N(CCCCl)C(=O)OC(C)(C)C. The van der Waals surface area contributed by atoms with E-state index in [4.69, 9.17) is 21.1 Å². The van der Waals surface area contributed by atoms with E-state index in [1.54, 1.807) is 27.7 Å². The Morgan fingerprint density at radius 2 is 1.81 bits per heavy atom. The molecule has 0 heterocycles. The summed E-state index contributed by atoms with van der Waals surface area (Å²) in [5.41, 5.74) is -0.619. The maximum absolute atomic E-state index is 12.4. The van der Waals surface area contributed by atoms with Crippen LogP contribution in [0.5, 0.6) is 0 Å². The van der Waals surface area contributed by atoms with Gasteiger partial charge in [0.05, 0.1) is 6.61 Å². The van der Waals surface area contributed by atoms with Crippen molar-refractivity contribution in [3.63, 3.8) is 0 Å². The quantitative estimate of drug-likeness (QED) is 0.532. The molecule has 0 aliphatic carbocycles. The third kappa shape index (κ3) is 7.55. The molecule has 5 nitrogen and oxygen atoms in total. The van der Waals surface area contributed by atoms with Crippen LogP contribution < -0.4 is 0 Å². The predicted molar refractivity (Wildman–Crippen MR) is 83.5 cm³/mol. The molecule has 0 saturated heterocycles. The lowest BCUT2D eigenvalue weighted by Gasteiger charge is -2.34. The predicted octanol–water partition coefficient (Wildman–Crippen LogP) is 3.44. The van der Waals surface area contributed by atoms with E-state index in [1.165, 1.54) is 4.90 Å². The van der Waals surface area contributed by atoms with E-state index in [0.29, 0.717) is 18.8 Å². The molecular weight excluding hydrogens is 294 g/mol. The number of carbonyl (C=O) groups is 2. The summed E-state index contributed by atoms with van der Waals surface area (Å²) in [6, 6.07) is -0.664. The first-order valence-electron chi connectivity index (χ1n) is 7.36. The van der Waals surface area contributed by atoms with Crippen LogP contribution in [-0.2, 0) is 14.3 Å². The molecule has 124 valence electrons. The van der Waals surface area contributed by atoms with Gasteiger partial charge in [0, 0.05) is 12.4 Å². The highest BCUT2D eigenvalue weighted by atomic mass is 35.5. The molecule has 21 heavy (non-hydrogen) atoms. The Morgan fingerprint density at radius 3 is 2.19 bits per heavy atom. The fourth-order valence-electron chi connectivity index (χ4n) is 1.88. The Kier molecular flexibility index (Phi) is 8.71. The standard InChI is InChI=1S/C15H28ClNO4/c1-7-20-13(18)12(11(2)3)17(10-8-9-16)14(19)21-15(4,5)6/h11-12H,7-10H2,1-6H3/t12-/m0/s1. The van der Waals surface area contributed by atoms with Gasteiger partial charge in [-0.3, -0.25) is 4.90 Å². The average molecular weight is 322 g/mol. The van der Waals surface area contributed by atoms with Gasteiger partial charge < -0.3 is 9.47 Å². The molecule has 1 amide bonds. The lowest BCUT2D eigenvalue weighted by atomic mass is 10.0. The van der Waals surface area contributed by atoms with Crippen LogP contribution in [0.3, 0.4) is 0 Å². The summed E-state index contributed by atoms with van der Waals surface area (Å²) < 4.78 is 10.5. The van der Waals surface area contributed by atoms with Crippen LogP contribution in [0.2, 0.25) is 0 Å². The first-order chi connectivity index (χ1) is 9.64. The number of amides is 1. The Balaban J connectivity index is 5.22. The van der Waals surface area contributed by atoms with Crippen LogP contribution in [-0.4, -0.2) is 47.6 Å². The molecule has 0 aromatic carbocycles. The van der Waals surface area contributed by atoms with Crippen LogP contribution in [0.1, 0.15) is 48.0 Å². The zero-order valence-electron chi connectivity index (χ0n) is 13.9. The number of ether oxygens (including phenoxy) is 2. The van der Waals surface area contributed by atoms with Crippen LogP contribution in [0.15, 0.2) is 0 Å². The zero-order valence-corrected chi connectivity index (χ0v) is 14.7. The first kappa shape index (κ1) is 20.0. The number of esters is 1. The van der Waals surface area contributed by atoms with Crippen molar-refractivity contribution in [2.24, 2.45) is 5.92 Å². The second-order valence-electron chi connectivity index (χ2n) is 6.16. The van der Waals surface area contributed by atoms with Crippen molar-refractivity contribution in [2.45, 2.75) is 59.6 Å². The summed E-state index contributed by atoms with van der Waals surface area (Å²) in [6.07, 6.45) is 0.0723. The van der Waals surface area contributed by atoms with Crippen LogP contribution >= 0.6 is 11.6 Å². The number of halogens is 1. The molecule has 0 rings (SSSR count). The van der Waals surface area contributed by atoms with E-state index >= 15 is 0 Å². The molecule has 0 saturated carbocycles. The molecule has 0 fully saturated rings. The van der Waals surface area contributed by atoms with Gasteiger partial charge in [-0.1, -0.05) is 13.8 Å². The van der Waals surface area contributed by atoms with Crippen LogP contribution in [0.25, 0.3) is 0 Å². The molecule has 0 aromatic rings. The Hall–Kier alpha value is -0.970. The summed E-state index contributed by atoms with van der Waals surface area (Å²) >= 11 is 5.71. The highest BCUT2D eigenvalue weighted by Crippen LogP contribution is 2.18. The van der Waals surface area contributed by atoms with Gasteiger partial charge >= 0.3 is 12.1 Å². The third-order valence-electron chi connectivity index (χ3n) is 2.66. The third-order valence-corrected chi connectivity index (χ3v) is 2.92. The van der Waals surface area contributed by atoms with E-state index in [-0.39, 0.29) is 12.5 Å². The number of alkyl halides is 1. The molecule has 1 atom stereocenters. The summed E-state index contributed by atoms with van der Waals surface area (Å²) in [4.78, 5) is 26.0. The molecule has 0 aromatic heterocycles. The average Bonchev–Trinajstić information content (AvgIpc) is 2.31. The van der Waals surface area contributed by atoms with Gasteiger partial charge in [0.1, 0.15) is 11.6 Å². The Morgan fingerprint density at radius 1 is 1.24 bits per heavy atom. The minimum Gasteiger partial charge on any atom is -0.464 e. The summed E-state index contributed by atoms with van der Waals surface area (Å²) in [5, 5.41) is 0. The second kappa shape index (κ2) is 9.13. The first-order valence-corrected chi connectivity index (χ1v) is 7.89. The number of rotatable bonds is 7. The van der Waals surface area contributed by atoms with Gasteiger partial charge in [0.25, 0.3) is 0 Å². The van der Waals surface area contributed by atoms with E-state index in [2.05, 4.69) is 0 Å². The van der Waals surface area contributed by atoms with E-state index in [0.717, 1.165) is 0 Å². The van der Waals surface area contributed by atoms with Crippen molar-refractivity contribution in [1.29, 1.82) is 0 Å². The van der Waals surface area contributed by atoms with Gasteiger partial charge in [0.15, 0.2) is 0 Å². The smallest absolute Gasteiger partial charge is 0.411 e. The van der Waals surface area contributed by atoms with Crippen molar-refractivity contribution in [3.8, 4) is 0 Å². The largest absolute Gasteiger partial charge is 0.464 e. The van der Waals surface area contributed by atoms with Gasteiger partial charge in [-0.2, -0.15) is 0 Å². The number of nitrogens with zero attached hydrogens (tertiary/aromatic N) is 1. The van der Waals surface area contributed by atoms with Gasteiger partial charge in [0.2, 0.25) is 0 Å². The molecule has 0 spiro atoms. The molecule has 0 aliphatic heterocycles. The number of hydrogen-bond acceptors (Lipinski definition) is 4. The summed E-state index contributed by atoms with van der Waals surface area (Å²) in [5.74, 6) is -0.0766. The minimum absolute atomic E-state index is 0.0770. The molecule has 0 unspecified atom stereocenters. The zero-order chi connectivity index (χ0) is 16.6. The van der Waals surface area contributed by atoms with Crippen molar-refractivity contribution < 1.29 is 19.1 Å². The maximum Gasteiger partial charge on any atom is 0.411 e. The Bertz CT molecular complexity index is 339. The lowest BCUT2D eigenvalue weighted by molar-refractivity contribution is -0.151.